The number of amides is 2. The van der Waals surface area contributed by atoms with E-state index in [0.717, 1.165) is 0 Å². The third kappa shape index (κ3) is 5.63. The van der Waals surface area contributed by atoms with E-state index in [-0.39, 0.29) is 22.7 Å². The minimum atomic E-state index is -1.41. The summed E-state index contributed by atoms with van der Waals surface area (Å²) in [5, 5.41) is 27.0. The highest BCUT2D eigenvalue weighted by Crippen LogP contribution is 2.22. The van der Waals surface area contributed by atoms with Crippen molar-refractivity contribution in [2.24, 2.45) is 0 Å². The van der Waals surface area contributed by atoms with Crippen LogP contribution in [0.3, 0.4) is 0 Å². The van der Waals surface area contributed by atoms with Gasteiger partial charge in [0, 0.05) is 42.7 Å². The fourth-order valence-electron chi connectivity index (χ4n) is 2.42. The van der Waals surface area contributed by atoms with E-state index >= 15 is 0 Å². The number of carboxylic acids is 1. The Morgan fingerprint density at radius 2 is 1.78 bits per heavy atom. The number of nitrogens with zero attached hydrogens (tertiary/aromatic N) is 1. The highest BCUT2D eigenvalue weighted by Gasteiger charge is 2.18. The van der Waals surface area contributed by atoms with Crippen LogP contribution in [0.4, 0.5) is 11.4 Å². The average Bonchev–Trinajstić information content (AvgIpc) is 2.61. The number of hydrogen-bond donors (Lipinski definition) is 2. The first-order valence-electron chi connectivity index (χ1n) is 7.89. The van der Waals surface area contributed by atoms with Crippen LogP contribution in [0, 0.1) is 10.1 Å². The van der Waals surface area contributed by atoms with Crippen molar-refractivity contribution in [3.05, 3.63) is 69.8 Å². The van der Waals surface area contributed by atoms with Crippen LogP contribution in [0.5, 0.6) is 0 Å². The minimum Gasteiger partial charge on any atom is -0.550 e. The number of benzene rings is 2. The van der Waals surface area contributed by atoms with Gasteiger partial charge in [0.05, 0.1) is 11.0 Å². The molecule has 2 rings (SSSR count). The summed E-state index contributed by atoms with van der Waals surface area (Å²) in [6, 6.07) is 10.3. The predicted molar refractivity (Wildman–Crippen MR) is 93.7 cm³/mol. The SMILES string of the molecule is CC(=O)Nc1ccc(C(=O)N[C@@H](CC(=O)[O-])c2cccc([N+](=O)[O-])c2)cc1. The van der Waals surface area contributed by atoms with Gasteiger partial charge in [0.2, 0.25) is 5.91 Å². The van der Waals surface area contributed by atoms with Crippen molar-refractivity contribution in [1.82, 2.24) is 5.32 Å². The molecular formula is C18H16N3O6-. The second kappa shape index (κ2) is 8.56. The molecule has 0 bridgehead atoms. The van der Waals surface area contributed by atoms with E-state index in [1.165, 1.54) is 55.5 Å². The van der Waals surface area contributed by atoms with Gasteiger partial charge in [0.1, 0.15) is 0 Å². The molecule has 27 heavy (non-hydrogen) atoms. The third-order valence-corrected chi connectivity index (χ3v) is 3.63. The zero-order valence-corrected chi connectivity index (χ0v) is 14.3. The van der Waals surface area contributed by atoms with E-state index in [0.29, 0.717) is 5.69 Å². The molecular weight excluding hydrogens is 354 g/mol. The Hall–Kier alpha value is -3.75. The molecule has 0 aromatic heterocycles. The van der Waals surface area contributed by atoms with Crippen LogP contribution in [0.15, 0.2) is 48.5 Å². The number of nitro benzene ring substituents is 1. The summed E-state index contributed by atoms with van der Waals surface area (Å²) < 4.78 is 0. The quantitative estimate of drug-likeness (QED) is 0.553. The van der Waals surface area contributed by atoms with Crippen molar-refractivity contribution < 1.29 is 24.4 Å². The number of nitrogens with one attached hydrogen (secondary N) is 2. The van der Waals surface area contributed by atoms with Gasteiger partial charge >= 0.3 is 0 Å². The van der Waals surface area contributed by atoms with Gasteiger partial charge in [-0.1, -0.05) is 12.1 Å². The summed E-state index contributed by atoms with van der Waals surface area (Å²) in [6.07, 6.45) is -0.545. The number of anilines is 1. The molecule has 0 spiro atoms. The zero-order chi connectivity index (χ0) is 20.0. The van der Waals surface area contributed by atoms with Crippen molar-refractivity contribution in [2.45, 2.75) is 19.4 Å². The molecule has 140 valence electrons. The summed E-state index contributed by atoms with van der Waals surface area (Å²) in [7, 11) is 0. The molecule has 9 heteroatoms. The summed E-state index contributed by atoms with van der Waals surface area (Å²) in [5.74, 6) is -2.23. The maximum absolute atomic E-state index is 12.4. The molecule has 2 amide bonds. The van der Waals surface area contributed by atoms with Crippen LogP contribution in [-0.4, -0.2) is 22.7 Å². The van der Waals surface area contributed by atoms with Crippen LogP contribution in [0.1, 0.15) is 35.3 Å². The lowest BCUT2D eigenvalue weighted by Gasteiger charge is -2.20. The first kappa shape index (κ1) is 19.6. The highest BCUT2D eigenvalue weighted by atomic mass is 16.6. The number of non-ortho nitro benzene ring substituents is 1. The van der Waals surface area contributed by atoms with Crippen molar-refractivity contribution in [1.29, 1.82) is 0 Å². The highest BCUT2D eigenvalue weighted by molar-refractivity contribution is 5.96. The molecule has 0 aliphatic carbocycles. The maximum atomic E-state index is 12.4. The van der Waals surface area contributed by atoms with Gasteiger partial charge in [-0.25, -0.2) is 0 Å². The first-order chi connectivity index (χ1) is 12.8. The summed E-state index contributed by atoms with van der Waals surface area (Å²) in [5.41, 5.74) is 0.795. The molecule has 2 aromatic carbocycles. The topological polar surface area (TPSA) is 141 Å². The Morgan fingerprint density at radius 3 is 2.33 bits per heavy atom. The Morgan fingerprint density at radius 1 is 1.11 bits per heavy atom. The van der Waals surface area contributed by atoms with Crippen molar-refractivity contribution in [3.8, 4) is 0 Å². The van der Waals surface area contributed by atoms with Gasteiger partial charge in [-0.15, -0.1) is 0 Å². The second-order valence-electron chi connectivity index (χ2n) is 5.71. The molecule has 0 saturated carbocycles. The van der Waals surface area contributed by atoms with E-state index in [9.17, 15) is 29.6 Å². The summed E-state index contributed by atoms with van der Waals surface area (Å²) >= 11 is 0. The average molecular weight is 370 g/mol. The van der Waals surface area contributed by atoms with E-state index in [1.807, 2.05) is 0 Å². The molecule has 0 unspecified atom stereocenters. The van der Waals surface area contributed by atoms with Gasteiger partial charge in [-0.05, 0) is 29.8 Å². The smallest absolute Gasteiger partial charge is 0.269 e. The fraction of sp³-hybridized carbons (Fsp3) is 0.167. The molecule has 9 nitrogen and oxygen atoms in total. The molecule has 2 N–H and O–H groups in total. The van der Waals surface area contributed by atoms with Crippen molar-refractivity contribution in [2.75, 3.05) is 5.32 Å². The molecule has 0 aliphatic rings. The Balaban J connectivity index is 2.21. The van der Waals surface area contributed by atoms with Crippen molar-refractivity contribution in [3.63, 3.8) is 0 Å². The third-order valence-electron chi connectivity index (χ3n) is 3.63. The largest absolute Gasteiger partial charge is 0.550 e. The molecule has 0 radical (unpaired) electrons. The summed E-state index contributed by atoms with van der Waals surface area (Å²) in [6.45, 7) is 1.35. The number of aliphatic carboxylic acids is 1. The molecule has 0 heterocycles. The van der Waals surface area contributed by atoms with Crippen LogP contribution < -0.4 is 15.7 Å². The zero-order valence-electron chi connectivity index (χ0n) is 14.3. The normalized spacial score (nSPS) is 11.3. The maximum Gasteiger partial charge on any atom is 0.269 e. The van der Waals surface area contributed by atoms with Crippen LogP contribution in [0.25, 0.3) is 0 Å². The molecule has 2 aromatic rings. The monoisotopic (exact) mass is 370 g/mol. The predicted octanol–water partition coefficient (Wildman–Crippen LogP) is 1.16. The fourth-order valence-corrected chi connectivity index (χ4v) is 2.42. The van der Waals surface area contributed by atoms with Crippen LogP contribution in [0.2, 0.25) is 0 Å². The molecule has 0 saturated heterocycles. The number of hydrogen-bond acceptors (Lipinski definition) is 6. The first-order valence-corrected chi connectivity index (χ1v) is 7.89. The van der Waals surface area contributed by atoms with Gasteiger partial charge in [0.15, 0.2) is 0 Å². The van der Waals surface area contributed by atoms with Gasteiger partial charge in [-0.2, -0.15) is 0 Å². The van der Waals surface area contributed by atoms with Gasteiger partial charge < -0.3 is 20.5 Å². The Kier molecular flexibility index (Phi) is 6.21. The van der Waals surface area contributed by atoms with Gasteiger partial charge in [-0.3, -0.25) is 19.7 Å². The number of nitro groups is 1. The Labute approximate surface area is 154 Å². The van der Waals surface area contributed by atoms with E-state index in [1.54, 1.807) is 0 Å². The van der Waals surface area contributed by atoms with Gasteiger partial charge in [0.25, 0.3) is 11.6 Å². The minimum absolute atomic E-state index is 0.218. The van der Waals surface area contributed by atoms with E-state index < -0.39 is 29.3 Å². The lowest BCUT2D eigenvalue weighted by atomic mass is 10.0. The lowest BCUT2D eigenvalue weighted by Crippen LogP contribution is -2.34. The lowest BCUT2D eigenvalue weighted by molar-refractivity contribution is -0.385. The van der Waals surface area contributed by atoms with Crippen molar-refractivity contribution >= 4 is 29.2 Å². The van der Waals surface area contributed by atoms with Crippen LogP contribution >= 0.6 is 0 Å². The number of carbonyl (C=O) groups excluding carboxylic acids is 3. The van der Waals surface area contributed by atoms with E-state index in [4.69, 9.17) is 0 Å². The summed E-state index contributed by atoms with van der Waals surface area (Å²) in [4.78, 5) is 44.8. The molecule has 0 fully saturated rings. The number of rotatable bonds is 7. The standard InChI is InChI=1S/C18H17N3O6/c1-11(22)19-14-7-5-12(6-8-14)18(25)20-16(10-17(23)24)13-3-2-4-15(9-13)21(26)27/h2-9,16H,10H2,1H3,(H,19,22)(H,20,25)(H,23,24)/p-1/t16-/m0/s1. The molecule has 0 aliphatic heterocycles. The second-order valence-corrected chi connectivity index (χ2v) is 5.71. The number of carbonyl (C=O) groups is 3. The van der Waals surface area contributed by atoms with E-state index in [2.05, 4.69) is 10.6 Å². The Bertz CT molecular complexity index is 879. The van der Waals surface area contributed by atoms with Crippen LogP contribution in [-0.2, 0) is 9.59 Å². The molecule has 1 atom stereocenters. The number of carboxylic acid groups (broad SMARTS) is 1.